The Balaban J connectivity index is 1.90. The first kappa shape index (κ1) is 27.6. The molecule has 2 aliphatic rings. The van der Waals surface area contributed by atoms with Crippen LogP contribution in [-0.2, 0) is 11.3 Å². The van der Waals surface area contributed by atoms with E-state index in [9.17, 15) is 57.1 Å². The summed E-state index contributed by atoms with van der Waals surface area (Å²) < 4.78 is 233. The molecule has 0 N–H and O–H groups in total. The molecule has 16 heteroatoms. The van der Waals surface area contributed by atoms with Crippen LogP contribution in [0.25, 0.3) is 11.7 Å². The lowest BCUT2D eigenvalue weighted by Gasteiger charge is -2.28. The zero-order valence-corrected chi connectivity index (χ0v) is 18.2. The number of rotatable bonds is 2. The van der Waals surface area contributed by atoms with Gasteiger partial charge in [0.15, 0.2) is 69.8 Å². The van der Waals surface area contributed by atoms with E-state index in [2.05, 4.69) is 0 Å². The molecule has 3 aromatic rings. The van der Waals surface area contributed by atoms with Crippen LogP contribution in [0.2, 0.25) is 0 Å². The van der Waals surface area contributed by atoms with Gasteiger partial charge in [0.2, 0.25) is 11.3 Å². The van der Waals surface area contributed by atoms with E-state index in [0.29, 0.717) is 0 Å². The van der Waals surface area contributed by atoms with Crippen molar-refractivity contribution in [3.63, 3.8) is 0 Å². The Morgan fingerprint density at radius 2 is 0.750 bits per heavy atom. The van der Waals surface area contributed by atoms with Crippen LogP contribution < -0.4 is 0 Å². The van der Waals surface area contributed by atoms with Crippen molar-refractivity contribution in [1.82, 2.24) is 0 Å². The minimum atomic E-state index is -5.16. The zero-order chi connectivity index (χ0) is 30.0. The summed E-state index contributed by atoms with van der Waals surface area (Å²) >= 11 is 0. The molecule has 0 aliphatic heterocycles. The summed E-state index contributed by atoms with van der Waals surface area (Å²) in [5, 5.41) is 0. The van der Waals surface area contributed by atoms with Crippen LogP contribution in [0.5, 0.6) is 0 Å². The third-order valence-electron chi connectivity index (χ3n) is 6.46. The third-order valence-corrected chi connectivity index (χ3v) is 6.46. The smallest absolute Gasteiger partial charge is 0.224 e. The summed E-state index contributed by atoms with van der Waals surface area (Å²) in [4.78, 5) is 0. The van der Waals surface area contributed by atoms with Crippen molar-refractivity contribution < 1.29 is 70.2 Å². The first-order valence-electron chi connectivity index (χ1n) is 10.2. The van der Waals surface area contributed by atoms with Crippen molar-refractivity contribution in [2.45, 2.75) is 11.3 Å². The maximum Gasteiger partial charge on any atom is 0.224 e. The van der Waals surface area contributed by atoms with Crippen molar-refractivity contribution in [1.29, 1.82) is 0 Å². The van der Waals surface area contributed by atoms with Crippen LogP contribution in [-0.4, -0.2) is 0 Å². The van der Waals surface area contributed by atoms with Crippen LogP contribution >= 0.6 is 0 Å². The van der Waals surface area contributed by atoms with Gasteiger partial charge in [-0.2, -0.15) is 0 Å². The minimum Gasteiger partial charge on any atom is -0.225 e. The highest BCUT2D eigenvalue weighted by Crippen LogP contribution is 2.59. The molecule has 2 unspecified atom stereocenters. The number of hydrogen-bond acceptors (Lipinski definition) is 0. The Labute approximate surface area is 209 Å². The molecule has 0 radical (unpaired) electrons. The predicted octanol–water partition coefficient (Wildman–Crippen LogP) is 8.75. The summed E-state index contributed by atoms with van der Waals surface area (Å²) in [6, 6.07) is -0.584. The van der Waals surface area contributed by atoms with E-state index in [4.69, 9.17) is 0 Å². The van der Waals surface area contributed by atoms with E-state index in [1.807, 2.05) is 0 Å². The van der Waals surface area contributed by atoms with Gasteiger partial charge in [0.25, 0.3) is 0 Å². The van der Waals surface area contributed by atoms with E-state index in [1.165, 1.54) is 0 Å². The van der Waals surface area contributed by atoms with Crippen LogP contribution in [0.15, 0.2) is 23.8 Å². The average molecular weight is 594 g/mol. The molecule has 0 bridgehead atoms. The molecule has 0 nitrogen and oxygen atoms in total. The van der Waals surface area contributed by atoms with E-state index < -0.39 is 126 Å². The second-order valence-corrected chi connectivity index (χ2v) is 8.37. The summed E-state index contributed by atoms with van der Waals surface area (Å²) in [5.41, 5.74) is -24.8. The molecule has 210 valence electrons. The summed E-state index contributed by atoms with van der Waals surface area (Å²) in [5.74, 6) is -40.1. The Bertz CT molecular complexity index is 1770. The fraction of sp³-hybridized carbons (Fsp3) is 0.0833. The van der Waals surface area contributed by atoms with Gasteiger partial charge in [-0.05, 0) is 12.1 Å². The minimum absolute atomic E-state index is 0.270. The normalized spacial score (nSPS) is 22.0. The molecule has 40 heavy (non-hydrogen) atoms. The Hall–Kier alpha value is -3.98. The van der Waals surface area contributed by atoms with Crippen LogP contribution in [0.4, 0.5) is 70.2 Å². The molecule has 2 atom stereocenters. The number of allylic oxidation sites excluding steroid dienone is 2. The predicted molar refractivity (Wildman–Crippen MR) is 101 cm³/mol. The fourth-order valence-electron chi connectivity index (χ4n) is 4.69. The molecule has 0 fully saturated rings. The molecule has 5 rings (SSSR count). The lowest BCUT2D eigenvalue weighted by atomic mass is 9.82. The monoisotopic (exact) mass is 594 g/mol. The molecule has 3 aromatic carbocycles. The number of halogens is 16. The lowest BCUT2D eigenvalue weighted by molar-refractivity contribution is 0.197. The summed E-state index contributed by atoms with van der Waals surface area (Å²) in [6.45, 7) is 0. The highest BCUT2D eigenvalue weighted by atomic mass is 19.2. The maximum atomic E-state index is 16.1. The van der Waals surface area contributed by atoms with Gasteiger partial charge in [-0.3, -0.25) is 0 Å². The standard InChI is InChI=1S/C24H2F16/c25-4-2-1-3(23(39)8-5(13(29)21(23)37)11(27)17(33)19(35)15(8)31)10(26)7(4)24(40)9-6(14(30)22(24)38)12(28)18(34)20(36)16(9)32/h1-2H. The van der Waals surface area contributed by atoms with Crippen LogP contribution in [0, 0.1) is 58.2 Å². The molecule has 0 saturated heterocycles. The van der Waals surface area contributed by atoms with Crippen molar-refractivity contribution in [3.05, 3.63) is 115 Å². The van der Waals surface area contributed by atoms with Crippen molar-refractivity contribution in [2.24, 2.45) is 0 Å². The van der Waals surface area contributed by atoms with E-state index in [0.717, 1.165) is 0 Å². The quantitative estimate of drug-likeness (QED) is 0.158. The fourth-order valence-corrected chi connectivity index (χ4v) is 4.69. The number of fused-ring (bicyclic) bond motifs is 2. The van der Waals surface area contributed by atoms with Gasteiger partial charge in [0.05, 0.1) is 27.8 Å². The molecule has 0 heterocycles. The van der Waals surface area contributed by atoms with Crippen molar-refractivity contribution in [3.8, 4) is 0 Å². The SMILES string of the molecule is FC1=C(F)C(F)(c2ccc(F)c(C3(F)C(F)=C(F)c4c(F)c(F)c(F)c(F)c43)c2F)c2c(F)c(F)c(F)c(F)c21. The topological polar surface area (TPSA) is 0 Å². The largest absolute Gasteiger partial charge is 0.225 e. The van der Waals surface area contributed by atoms with Gasteiger partial charge in [-0.15, -0.1) is 0 Å². The van der Waals surface area contributed by atoms with Gasteiger partial charge in [0, 0.05) is 5.56 Å². The van der Waals surface area contributed by atoms with Crippen LogP contribution in [0.1, 0.15) is 33.4 Å². The van der Waals surface area contributed by atoms with Gasteiger partial charge < -0.3 is 0 Å². The van der Waals surface area contributed by atoms with Gasteiger partial charge in [-0.1, -0.05) is 0 Å². The average Bonchev–Trinajstić information content (AvgIpc) is 3.24. The number of alkyl halides is 2. The lowest BCUT2D eigenvalue weighted by Crippen LogP contribution is -2.30. The molecule has 2 aliphatic carbocycles. The second-order valence-electron chi connectivity index (χ2n) is 8.37. The first-order valence-corrected chi connectivity index (χ1v) is 10.2. The molecule has 0 spiro atoms. The maximum absolute atomic E-state index is 16.1. The summed E-state index contributed by atoms with van der Waals surface area (Å²) in [6.07, 6.45) is 0. The van der Waals surface area contributed by atoms with E-state index in [-0.39, 0.29) is 12.1 Å². The van der Waals surface area contributed by atoms with Gasteiger partial charge in [0.1, 0.15) is 11.6 Å². The molecule has 0 amide bonds. The second kappa shape index (κ2) is 8.27. The third kappa shape index (κ3) is 2.90. The molecule has 0 aromatic heterocycles. The first-order chi connectivity index (χ1) is 18.5. The van der Waals surface area contributed by atoms with Crippen LogP contribution in [0.3, 0.4) is 0 Å². The number of hydrogen-bond donors (Lipinski definition) is 0. The Morgan fingerprint density at radius 3 is 1.20 bits per heavy atom. The zero-order valence-electron chi connectivity index (χ0n) is 18.2. The Kier molecular flexibility index (Phi) is 5.70. The molecular weight excluding hydrogens is 592 g/mol. The van der Waals surface area contributed by atoms with Gasteiger partial charge >= 0.3 is 0 Å². The molecule has 0 saturated carbocycles. The number of benzene rings is 3. The van der Waals surface area contributed by atoms with E-state index >= 15 is 13.2 Å². The van der Waals surface area contributed by atoms with Crippen molar-refractivity contribution >= 4 is 11.7 Å². The van der Waals surface area contributed by atoms with Gasteiger partial charge in [-0.25, -0.2) is 70.2 Å². The summed E-state index contributed by atoms with van der Waals surface area (Å²) in [7, 11) is 0. The van der Waals surface area contributed by atoms with E-state index in [1.54, 1.807) is 0 Å². The Morgan fingerprint density at radius 1 is 0.375 bits per heavy atom. The molecular formula is C24H2F16. The van der Waals surface area contributed by atoms with Crippen molar-refractivity contribution in [2.75, 3.05) is 0 Å². The highest BCUT2D eigenvalue weighted by molar-refractivity contribution is 5.79. The highest BCUT2D eigenvalue weighted by Gasteiger charge is 2.60.